The molecule has 2 N–H and O–H groups in total. The van der Waals surface area contributed by atoms with Crippen molar-refractivity contribution < 1.29 is 14.7 Å². The van der Waals surface area contributed by atoms with Gasteiger partial charge in [-0.25, -0.2) is 0 Å². The molecule has 2 aromatic rings. The lowest BCUT2D eigenvalue weighted by Gasteiger charge is -2.30. The van der Waals surface area contributed by atoms with E-state index in [2.05, 4.69) is 31.2 Å². The Balaban J connectivity index is 1.68. The van der Waals surface area contributed by atoms with Crippen LogP contribution in [-0.4, -0.2) is 31.3 Å². The maximum Gasteiger partial charge on any atom is 0.119 e. The van der Waals surface area contributed by atoms with E-state index in [-0.39, 0.29) is 5.92 Å². The van der Waals surface area contributed by atoms with Crippen LogP contribution in [0.25, 0.3) is 0 Å². The monoisotopic (exact) mass is 382 g/mol. The summed E-state index contributed by atoms with van der Waals surface area (Å²) in [6, 6.07) is 18.6. The lowest BCUT2D eigenvalue weighted by molar-refractivity contribution is -0.906. The molecule has 0 radical (unpaired) electrons. The van der Waals surface area contributed by atoms with E-state index in [0.29, 0.717) is 0 Å². The highest BCUT2D eigenvalue weighted by Gasteiger charge is 2.28. The molecule has 1 heterocycles. The molecule has 0 saturated carbocycles. The summed E-state index contributed by atoms with van der Waals surface area (Å²) in [6.07, 6.45) is 6.96. The van der Waals surface area contributed by atoms with Crippen LogP contribution in [0.5, 0.6) is 5.75 Å². The van der Waals surface area contributed by atoms with Gasteiger partial charge in [0.05, 0.1) is 38.3 Å². The van der Waals surface area contributed by atoms with Crippen molar-refractivity contribution in [3.63, 3.8) is 0 Å². The van der Waals surface area contributed by atoms with Crippen molar-refractivity contribution >= 4 is 0 Å². The Morgan fingerprint density at radius 1 is 0.893 bits per heavy atom. The molecule has 1 aliphatic rings. The Hall–Kier alpha value is -1.84. The van der Waals surface area contributed by atoms with Gasteiger partial charge < -0.3 is 14.7 Å². The molecule has 3 heteroatoms. The average Bonchev–Trinajstić information content (AvgIpc) is 2.76. The average molecular weight is 383 g/mol. The zero-order valence-electron chi connectivity index (χ0n) is 17.3. The zero-order valence-corrected chi connectivity index (χ0v) is 17.3. The molecule has 3 rings (SSSR count). The van der Waals surface area contributed by atoms with Gasteiger partial charge in [0.1, 0.15) is 5.75 Å². The second kappa shape index (κ2) is 11.2. The number of hydrogen-bond acceptors (Lipinski definition) is 2. The van der Waals surface area contributed by atoms with E-state index in [9.17, 15) is 5.11 Å². The van der Waals surface area contributed by atoms with Gasteiger partial charge in [0.2, 0.25) is 0 Å². The first-order valence-corrected chi connectivity index (χ1v) is 11.1. The number of aliphatic hydroxyl groups is 1. The molecule has 0 spiro atoms. The van der Waals surface area contributed by atoms with Crippen molar-refractivity contribution in [2.45, 2.75) is 57.5 Å². The number of likely N-dealkylation sites (tertiary alicyclic amines) is 1. The summed E-state index contributed by atoms with van der Waals surface area (Å²) < 4.78 is 5.82. The van der Waals surface area contributed by atoms with E-state index in [0.717, 1.165) is 30.9 Å². The molecule has 1 aliphatic heterocycles. The molecule has 3 nitrogen and oxygen atoms in total. The summed E-state index contributed by atoms with van der Waals surface area (Å²) >= 11 is 0. The number of quaternary nitrogens is 1. The van der Waals surface area contributed by atoms with Crippen molar-refractivity contribution in [3.05, 3.63) is 65.7 Å². The first kappa shape index (κ1) is 20.9. The molecule has 1 fully saturated rings. The van der Waals surface area contributed by atoms with E-state index in [4.69, 9.17) is 4.74 Å². The molecule has 0 aliphatic carbocycles. The number of aliphatic hydroxyl groups excluding tert-OH is 1. The molecule has 0 unspecified atom stereocenters. The van der Waals surface area contributed by atoms with Gasteiger partial charge in [0.15, 0.2) is 0 Å². The largest absolute Gasteiger partial charge is 0.494 e. The first-order chi connectivity index (χ1) is 13.8. The molecule has 0 amide bonds. The zero-order chi connectivity index (χ0) is 19.6. The molecule has 2 atom stereocenters. The molecule has 152 valence electrons. The van der Waals surface area contributed by atoms with Crippen LogP contribution in [0.1, 0.15) is 68.6 Å². The number of ether oxygens (including phenoxy) is 1. The minimum atomic E-state index is -0.494. The molecule has 1 saturated heterocycles. The molecular weight excluding hydrogens is 346 g/mol. The summed E-state index contributed by atoms with van der Waals surface area (Å²) in [4.78, 5) is 1.62. The summed E-state index contributed by atoms with van der Waals surface area (Å²) in [6.45, 7) is 6.40. The van der Waals surface area contributed by atoms with Crippen LogP contribution in [0.4, 0.5) is 0 Å². The summed E-state index contributed by atoms with van der Waals surface area (Å²) in [5, 5.41) is 11.2. The number of nitrogens with one attached hydrogen (secondary N) is 1. The second-order valence-electron chi connectivity index (χ2n) is 8.10. The van der Waals surface area contributed by atoms with E-state index < -0.39 is 6.10 Å². The minimum absolute atomic E-state index is 0.116. The van der Waals surface area contributed by atoms with Crippen molar-refractivity contribution in [2.75, 3.05) is 26.2 Å². The van der Waals surface area contributed by atoms with Gasteiger partial charge in [-0.05, 0) is 48.9 Å². The third-order valence-electron chi connectivity index (χ3n) is 5.92. The lowest BCUT2D eigenvalue weighted by atomic mass is 9.88. The van der Waals surface area contributed by atoms with Gasteiger partial charge in [-0.1, -0.05) is 62.2 Å². The van der Waals surface area contributed by atoms with Crippen LogP contribution in [0.2, 0.25) is 0 Å². The van der Waals surface area contributed by atoms with Gasteiger partial charge in [0, 0.05) is 0 Å². The quantitative estimate of drug-likeness (QED) is 0.606. The third-order valence-corrected chi connectivity index (χ3v) is 5.92. The lowest BCUT2D eigenvalue weighted by Crippen LogP contribution is -3.13. The van der Waals surface area contributed by atoms with Gasteiger partial charge in [-0.3, -0.25) is 0 Å². The van der Waals surface area contributed by atoms with Crippen LogP contribution >= 0.6 is 0 Å². The number of unbranched alkanes of at least 4 members (excludes halogenated alkanes) is 2. The fraction of sp³-hybridized carbons (Fsp3) is 0.520. The van der Waals surface area contributed by atoms with Crippen LogP contribution in [0.3, 0.4) is 0 Å². The van der Waals surface area contributed by atoms with Crippen molar-refractivity contribution in [2.24, 2.45) is 0 Å². The van der Waals surface area contributed by atoms with Crippen LogP contribution < -0.4 is 9.64 Å². The number of benzene rings is 2. The fourth-order valence-corrected chi connectivity index (χ4v) is 4.21. The normalized spacial score (nSPS) is 17.2. The van der Waals surface area contributed by atoms with E-state index in [1.165, 1.54) is 50.8 Å². The number of piperidine rings is 1. The van der Waals surface area contributed by atoms with Crippen LogP contribution in [0.15, 0.2) is 54.6 Å². The van der Waals surface area contributed by atoms with Crippen molar-refractivity contribution in [3.8, 4) is 5.75 Å². The highest BCUT2D eigenvalue weighted by atomic mass is 16.5. The Morgan fingerprint density at radius 2 is 1.61 bits per heavy atom. The third kappa shape index (κ3) is 6.08. The predicted molar refractivity (Wildman–Crippen MR) is 115 cm³/mol. The molecular formula is C25H36NO2+. The van der Waals surface area contributed by atoms with Gasteiger partial charge in [-0.15, -0.1) is 0 Å². The number of hydrogen-bond donors (Lipinski definition) is 2. The van der Waals surface area contributed by atoms with Gasteiger partial charge in [-0.2, -0.15) is 0 Å². The fourth-order valence-electron chi connectivity index (χ4n) is 4.21. The smallest absolute Gasteiger partial charge is 0.119 e. The highest BCUT2D eigenvalue weighted by molar-refractivity contribution is 5.31. The van der Waals surface area contributed by atoms with Crippen LogP contribution in [0, 0.1) is 0 Å². The molecule has 0 bridgehead atoms. The second-order valence-corrected chi connectivity index (χ2v) is 8.10. The standard InChI is InChI=1S/C25H35NO2/c1-2-3-10-19-28-23-15-13-22(14-16-23)25(27)24(21-11-6-4-7-12-21)20-26-17-8-5-9-18-26/h4,6-7,11-16,24-25,27H,2-3,5,8-10,17-20H2,1H3/p+1/t24-,25+/m1/s1. The van der Waals surface area contributed by atoms with Crippen molar-refractivity contribution in [1.82, 2.24) is 0 Å². The predicted octanol–water partition coefficient (Wildman–Crippen LogP) is 4.14. The minimum Gasteiger partial charge on any atom is -0.494 e. The Kier molecular flexibility index (Phi) is 8.38. The van der Waals surface area contributed by atoms with Gasteiger partial charge >= 0.3 is 0 Å². The molecule has 28 heavy (non-hydrogen) atoms. The molecule has 2 aromatic carbocycles. The maximum absolute atomic E-state index is 11.2. The Bertz CT molecular complexity index is 665. The van der Waals surface area contributed by atoms with Crippen molar-refractivity contribution in [1.29, 1.82) is 0 Å². The molecule has 0 aromatic heterocycles. The Morgan fingerprint density at radius 3 is 2.29 bits per heavy atom. The Labute approximate surface area is 170 Å². The van der Waals surface area contributed by atoms with E-state index in [1.807, 2.05) is 30.3 Å². The summed E-state index contributed by atoms with van der Waals surface area (Å²) in [5.41, 5.74) is 2.21. The maximum atomic E-state index is 11.2. The highest BCUT2D eigenvalue weighted by Crippen LogP contribution is 2.31. The SMILES string of the molecule is CCCCCOc1ccc([C@H](O)[C@H](C[NH+]2CCCCC2)c2ccccc2)cc1. The summed E-state index contributed by atoms with van der Waals surface area (Å²) in [7, 11) is 0. The summed E-state index contributed by atoms with van der Waals surface area (Å²) in [5.74, 6) is 1.01. The number of rotatable bonds is 10. The van der Waals surface area contributed by atoms with Gasteiger partial charge in [0.25, 0.3) is 0 Å². The first-order valence-electron chi connectivity index (χ1n) is 11.1. The topological polar surface area (TPSA) is 33.9 Å². The van der Waals surface area contributed by atoms with Crippen LogP contribution in [-0.2, 0) is 0 Å². The van der Waals surface area contributed by atoms with E-state index in [1.54, 1.807) is 4.90 Å². The van der Waals surface area contributed by atoms with E-state index >= 15 is 0 Å².